The lowest BCUT2D eigenvalue weighted by Crippen LogP contribution is -2.48. The summed E-state index contributed by atoms with van der Waals surface area (Å²) in [7, 11) is 1.64. The van der Waals surface area contributed by atoms with E-state index in [4.69, 9.17) is 4.74 Å². The van der Waals surface area contributed by atoms with E-state index in [0.29, 0.717) is 5.92 Å². The molecule has 1 fully saturated rings. The van der Waals surface area contributed by atoms with E-state index in [1.807, 2.05) is 25.1 Å². The van der Waals surface area contributed by atoms with E-state index in [2.05, 4.69) is 17.6 Å². The van der Waals surface area contributed by atoms with E-state index in [9.17, 15) is 4.79 Å². The van der Waals surface area contributed by atoms with Crippen molar-refractivity contribution < 1.29 is 9.53 Å². The second kappa shape index (κ2) is 6.06. The lowest BCUT2D eigenvalue weighted by molar-refractivity contribution is -0.119. The number of methoxy groups -OCH3 is 1. The molecule has 2 N–H and O–H groups in total. The monoisotopic (exact) mass is 262 g/mol. The molecule has 0 saturated carbocycles. The molecule has 2 rings (SSSR count). The average molecular weight is 262 g/mol. The van der Waals surface area contributed by atoms with Gasteiger partial charge in [0, 0.05) is 5.69 Å². The largest absolute Gasteiger partial charge is 0.497 e. The molecule has 1 aliphatic heterocycles. The summed E-state index contributed by atoms with van der Waals surface area (Å²) in [5.74, 6) is 1.24. The van der Waals surface area contributed by atoms with Crippen LogP contribution in [0.2, 0.25) is 0 Å². The van der Waals surface area contributed by atoms with Gasteiger partial charge in [0.05, 0.1) is 13.2 Å². The number of piperidine rings is 1. The number of carbonyl (C=O) groups is 1. The molecule has 104 valence electrons. The number of amides is 1. The third-order valence-electron chi connectivity index (χ3n) is 3.74. The SMILES string of the molecule is COc1ccc(NC(=O)C2NCCCC2C)c(C)c1. The van der Waals surface area contributed by atoms with E-state index >= 15 is 0 Å². The molecule has 0 aliphatic carbocycles. The summed E-state index contributed by atoms with van der Waals surface area (Å²) in [6.45, 7) is 5.01. The van der Waals surface area contributed by atoms with Gasteiger partial charge >= 0.3 is 0 Å². The van der Waals surface area contributed by atoms with Crippen LogP contribution in [0.3, 0.4) is 0 Å². The lowest BCUT2D eigenvalue weighted by Gasteiger charge is -2.29. The summed E-state index contributed by atoms with van der Waals surface area (Å²) in [5.41, 5.74) is 1.86. The van der Waals surface area contributed by atoms with Gasteiger partial charge in [0.1, 0.15) is 5.75 Å². The molecule has 0 aromatic heterocycles. The van der Waals surface area contributed by atoms with E-state index in [1.54, 1.807) is 7.11 Å². The number of ether oxygens (including phenoxy) is 1. The van der Waals surface area contributed by atoms with Gasteiger partial charge in [-0.3, -0.25) is 4.79 Å². The van der Waals surface area contributed by atoms with Crippen molar-refractivity contribution in [3.8, 4) is 5.75 Å². The van der Waals surface area contributed by atoms with Crippen LogP contribution in [-0.2, 0) is 4.79 Å². The third kappa shape index (κ3) is 3.26. The maximum atomic E-state index is 12.3. The summed E-state index contributed by atoms with van der Waals surface area (Å²) < 4.78 is 5.16. The molecule has 2 unspecified atom stereocenters. The smallest absolute Gasteiger partial charge is 0.241 e. The summed E-state index contributed by atoms with van der Waals surface area (Å²) in [5, 5.41) is 6.30. The Morgan fingerprint density at radius 2 is 2.26 bits per heavy atom. The fourth-order valence-corrected chi connectivity index (χ4v) is 2.51. The number of benzene rings is 1. The quantitative estimate of drug-likeness (QED) is 0.879. The zero-order valence-corrected chi connectivity index (χ0v) is 11.8. The molecule has 19 heavy (non-hydrogen) atoms. The molecule has 1 aromatic carbocycles. The molecule has 0 radical (unpaired) electrons. The van der Waals surface area contributed by atoms with Crippen LogP contribution in [0.1, 0.15) is 25.3 Å². The molecule has 0 bridgehead atoms. The average Bonchev–Trinajstić information content (AvgIpc) is 2.41. The highest BCUT2D eigenvalue weighted by Crippen LogP contribution is 2.22. The van der Waals surface area contributed by atoms with Crippen LogP contribution in [0.15, 0.2) is 18.2 Å². The zero-order chi connectivity index (χ0) is 13.8. The van der Waals surface area contributed by atoms with E-state index < -0.39 is 0 Å². The first-order valence-corrected chi connectivity index (χ1v) is 6.80. The van der Waals surface area contributed by atoms with Crippen molar-refractivity contribution in [3.05, 3.63) is 23.8 Å². The maximum Gasteiger partial charge on any atom is 0.241 e. The Hall–Kier alpha value is -1.55. The Bertz CT molecular complexity index is 459. The topological polar surface area (TPSA) is 50.4 Å². The predicted molar refractivity (Wildman–Crippen MR) is 76.5 cm³/mol. The zero-order valence-electron chi connectivity index (χ0n) is 11.8. The van der Waals surface area contributed by atoms with Gasteiger partial charge in [-0.25, -0.2) is 0 Å². The van der Waals surface area contributed by atoms with Gasteiger partial charge in [0.2, 0.25) is 5.91 Å². The maximum absolute atomic E-state index is 12.3. The number of nitrogens with one attached hydrogen (secondary N) is 2. The minimum Gasteiger partial charge on any atom is -0.497 e. The van der Waals surface area contributed by atoms with Gasteiger partial charge < -0.3 is 15.4 Å². The molecule has 0 spiro atoms. The number of anilines is 1. The van der Waals surface area contributed by atoms with Crippen LogP contribution in [-0.4, -0.2) is 25.6 Å². The first-order chi connectivity index (χ1) is 9.11. The number of aryl methyl sites for hydroxylation is 1. The third-order valence-corrected chi connectivity index (χ3v) is 3.74. The molecule has 1 aliphatic rings. The summed E-state index contributed by atoms with van der Waals surface area (Å²) in [6.07, 6.45) is 2.25. The minimum atomic E-state index is -0.0877. The molecule has 2 atom stereocenters. The number of hydrogen-bond donors (Lipinski definition) is 2. The lowest BCUT2D eigenvalue weighted by atomic mass is 9.92. The van der Waals surface area contributed by atoms with Crippen molar-refractivity contribution in [2.45, 2.75) is 32.7 Å². The molecule has 1 heterocycles. The van der Waals surface area contributed by atoms with Crippen LogP contribution in [0.4, 0.5) is 5.69 Å². The molecule has 4 heteroatoms. The molecule has 1 amide bonds. The summed E-state index contributed by atoms with van der Waals surface area (Å²) in [6, 6.07) is 5.59. The van der Waals surface area contributed by atoms with Gasteiger partial charge in [-0.1, -0.05) is 6.92 Å². The molecular formula is C15H22N2O2. The first kappa shape index (κ1) is 13.9. The molecular weight excluding hydrogens is 240 g/mol. The van der Waals surface area contributed by atoms with E-state index in [1.165, 1.54) is 0 Å². The Morgan fingerprint density at radius 3 is 2.89 bits per heavy atom. The highest BCUT2D eigenvalue weighted by Gasteiger charge is 2.27. The fourth-order valence-electron chi connectivity index (χ4n) is 2.51. The van der Waals surface area contributed by atoms with Crippen molar-refractivity contribution in [1.82, 2.24) is 5.32 Å². The summed E-state index contributed by atoms with van der Waals surface area (Å²) >= 11 is 0. The van der Waals surface area contributed by atoms with Crippen molar-refractivity contribution in [2.75, 3.05) is 19.0 Å². The van der Waals surface area contributed by atoms with Crippen LogP contribution in [0.5, 0.6) is 5.75 Å². The second-order valence-electron chi connectivity index (χ2n) is 5.22. The van der Waals surface area contributed by atoms with Crippen LogP contribution in [0.25, 0.3) is 0 Å². The first-order valence-electron chi connectivity index (χ1n) is 6.80. The Labute approximate surface area is 114 Å². The highest BCUT2D eigenvalue weighted by molar-refractivity contribution is 5.95. The normalized spacial score (nSPS) is 22.9. The Balaban J connectivity index is 2.06. The van der Waals surface area contributed by atoms with E-state index in [-0.39, 0.29) is 11.9 Å². The van der Waals surface area contributed by atoms with Crippen LogP contribution in [0, 0.1) is 12.8 Å². The van der Waals surface area contributed by atoms with Crippen molar-refractivity contribution >= 4 is 11.6 Å². The summed E-state index contributed by atoms with van der Waals surface area (Å²) in [4.78, 5) is 12.3. The van der Waals surface area contributed by atoms with Crippen LogP contribution >= 0.6 is 0 Å². The number of hydrogen-bond acceptors (Lipinski definition) is 3. The van der Waals surface area contributed by atoms with Crippen LogP contribution < -0.4 is 15.4 Å². The highest BCUT2D eigenvalue weighted by atomic mass is 16.5. The van der Waals surface area contributed by atoms with Crippen molar-refractivity contribution in [2.24, 2.45) is 5.92 Å². The Kier molecular flexibility index (Phi) is 4.43. The van der Waals surface area contributed by atoms with Gasteiger partial charge in [-0.2, -0.15) is 0 Å². The van der Waals surface area contributed by atoms with Crippen molar-refractivity contribution in [1.29, 1.82) is 0 Å². The number of carbonyl (C=O) groups excluding carboxylic acids is 1. The number of rotatable bonds is 3. The van der Waals surface area contributed by atoms with E-state index in [0.717, 1.165) is 36.4 Å². The van der Waals surface area contributed by atoms with Gasteiger partial charge in [0.15, 0.2) is 0 Å². The fraction of sp³-hybridized carbons (Fsp3) is 0.533. The van der Waals surface area contributed by atoms with Crippen molar-refractivity contribution in [3.63, 3.8) is 0 Å². The standard InChI is InChI=1S/C15H22N2O2/c1-10-5-4-8-16-14(10)15(18)17-13-7-6-12(19-3)9-11(13)2/h6-7,9-10,14,16H,4-5,8H2,1-3H3,(H,17,18). The van der Waals surface area contributed by atoms with Gasteiger partial charge in [-0.05, 0) is 56.0 Å². The molecule has 4 nitrogen and oxygen atoms in total. The minimum absolute atomic E-state index is 0.0560. The van der Waals surface area contributed by atoms with Gasteiger partial charge in [0.25, 0.3) is 0 Å². The molecule has 1 aromatic rings. The second-order valence-corrected chi connectivity index (χ2v) is 5.22. The van der Waals surface area contributed by atoms with Gasteiger partial charge in [-0.15, -0.1) is 0 Å². The molecule has 1 saturated heterocycles. The predicted octanol–water partition coefficient (Wildman–Crippen LogP) is 2.33. The Morgan fingerprint density at radius 1 is 1.47 bits per heavy atom.